The topological polar surface area (TPSA) is 67.5 Å². The van der Waals surface area contributed by atoms with Crippen LogP contribution in [-0.4, -0.2) is 10.9 Å². The molecule has 4 aromatic rings. The molecule has 0 aliphatic heterocycles. The maximum atomic E-state index is 12.9. The molecule has 0 atom stereocenters. The molecule has 2 aromatic carbocycles. The van der Waals surface area contributed by atoms with Crippen molar-refractivity contribution in [3.63, 3.8) is 0 Å². The van der Waals surface area contributed by atoms with E-state index in [2.05, 4.69) is 15.3 Å². The second kappa shape index (κ2) is 7.48. The summed E-state index contributed by atoms with van der Waals surface area (Å²) in [5.41, 5.74) is 4.10. The Morgan fingerprint density at radius 2 is 1.82 bits per heavy atom. The summed E-state index contributed by atoms with van der Waals surface area (Å²) in [4.78, 5) is 21.8. The zero-order valence-corrected chi connectivity index (χ0v) is 15.6. The Labute approximate surface area is 162 Å². The summed E-state index contributed by atoms with van der Waals surface area (Å²) in [6.07, 6.45) is 1.71. The van der Waals surface area contributed by atoms with Gasteiger partial charge in [0.25, 0.3) is 5.91 Å². The highest BCUT2D eigenvalue weighted by atomic mass is 16.3. The van der Waals surface area contributed by atoms with Gasteiger partial charge in [-0.2, -0.15) is 0 Å². The Bertz CT molecular complexity index is 1220. The third-order valence-corrected chi connectivity index (χ3v) is 4.29. The van der Waals surface area contributed by atoms with E-state index in [9.17, 15) is 4.79 Å². The average Bonchev–Trinajstić information content (AvgIpc) is 2.69. The van der Waals surface area contributed by atoms with E-state index in [4.69, 9.17) is 4.42 Å². The summed E-state index contributed by atoms with van der Waals surface area (Å²) in [5.74, 6) is 0.155. The lowest BCUT2D eigenvalue weighted by atomic mass is 10.1. The first-order valence-electron chi connectivity index (χ1n) is 8.97. The predicted molar refractivity (Wildman–Crippen MR) is 110 cm³/mol. The molecule has 1 N–H and O–H groups in total. The predicted octanol–water partition coefficient (Wildman–Crippen LogP) is 4.93. The van der Waals surface area contributed by atoms with Crippen LogP contribution >= 0.6 is 0 Å². The Hall–Kier alpha value is -3.73. The largest absolute Gasteiger partial charge is 0.438 e. The number of anilines is 1. The zero-order valence-electron chi connectivity index (χ0n) is 15.6. The van der Waals surface area contributed by atoms with E-state index >= 15 is 0 Å². The van der Waals surface area contributed by atoms with Crippen molar-refractivity contribution >= 4 is 28.4 Å². The van der Waals surface area contributed by atoms with Crippen LogP contribution in [0.1, 0.15) is 21.5 Å². The number of aryl methyl sites for hydroxylation is 2. The summed E-state index contributed by atoms with van der Waals surface area (Å²) in [6.45, 7) is 3.94. The fraction of sp³-hybridized carbons (Fsp3) is 0.0870. The summed E-state index contributed by atoms with van der Waals surface area (Å²) >= 11 is 0. The number of pyridine rings is 1. The molecule has 2 heterocycles. The van der Waals surface area contributed by atoms with Crippen LogP contribution in [0.2, 0.25) is 0 Å². The summed E-state index contributed by atoms with van der Waals surface area (Å²) in [6, 6.07) is 20.7. The minimum atomic E-state index is -0.322. The van der Waals surface area contributed by atoms with Crippen LogP contribution in [0.15, 0.2) is 82.3 Å². The van der Waals surface area contributed by atoms with Gasteiger partial charge in [-0.15, -0.1) is 0 Å². The van der Waals surface area contributed by atoms with Crippen LogP contribution < -0.4 is 10.9 Å². The molecule has 0 saturated carbocycles. The summed E-state index contributed by atoms with van der Waals surface area (Å²) in [7, 11) is 0. The molecule has 0 unspecified atom stereocenters. The SMILES string of the molecule is Cc1ccc(NC(=O)c2cc3ccccc3oc2=Nc2cccc(C)c2)nc1. The molecule has 2 aromatic heterocycles. The molecule has 4 rings (SSSR count). The van der Waals surface area contributed by atoms with E-state index in [1.807, 2.05) is 68.4 Å². The lowest BCUT2D eigenvalue weighted by molar-refractivity contribution is 0.102. The fourth-order valence-electron chi connectivity index (χ4n) is 2.85. The smallest absolute Gasteiger partial charge is 0.262 e. The number of carbonyl (C=O) groups excluding carboxylic acids is 1. The van der Waals surface area contributed by atoms with Gasteiger partial charge in [0.05, 0.1) is 5.69 Å². The first kappa shape index (κ1) is 17.7. The highest BCUT2D eigenvalue weighted by Gasteiger charge is 2.13. The van der Waals surface area contributed by atoms with Gasteiger partial charge in [-0.05, 0) is 55.3 Å². The average molecular weight is 369 g/mol. The Kier molecular flexibility index (Phi) is 4.72. The fourth-order valence-corrected chi connectivity index (χ4v) is 2.85. The minimum Gasteiger partial charge on any atom is -0.438 e. The van der Waals surface area contributed by atoms with Gasteiger partial charge in [-0.3, -0.25) is 4.79 Å². The zero-order chi connectivity index (χ0) is 19.5. The third kappa shape index (κ3) is 3.83. The van der Waals surface area contributed by atoms with Gasteiger partial charge < -0.3 is 9.73 Å². The lowest BCUT2D eigenvalue weighted by Gasteiger charge is -2.07. The number of hydrogen-bond donors (Lipinski definition) is 1. The van der Waals surface area contributed by atoms with Crippen molar-refractivity contribution in [2.45, 2.75) is 13.8 Å². The normalized spacial score (nSPS) is 11.6. The summed E-state index contributed by atoms with van der Waals surface area (Å²) in [5, 5.41) is 3.64. The second-order valence-electron chi connectivity index (χ2n) is 6.63. The number of para-hydroxylation sites is 1. The van der Waals surface area contributed by atoms with Crippen molar-refractivity contribution in [1.82, 2.24) is 4.98 Å². The molecule has 0 saturated heterocycles. The minimum absolute atomic E-state index is 0.258. The number of nitrogens with one attached hydrogen (secondary N) is 1. The highest BCUT2D eigenvalue weighted by Crippen LogP contribution is 2.17. The number of benzene rings is 2. The van der Waals surface area contributed by atoms with Crippen LogP contribution in [0.3, 0.4) is 0 Å². The highest BCUT2D eigenvalue weighted by molar-refractivity contribution is 6.04. The monoisotopic (exact) mass is 369 g/mol. The van der Waals surface area contributed by atoms with Crippen LogP contribution in [0.4, 0.5) is 11.5 Å². The molecule has 28 heavy (non-hydrogen) atoms. The van der Waals surface area contributed by atoms with E-state index in [0.717, 1.165) is 22.2 Å². The van der Waals surface area contributed by atoms with Gasteiger partial charge in [-0.25, -0.2) is 9.98 Å². The molecule has 0 bridgehead atoms. The van der Waals surface area contributed by atoms with Gasteiger partial charge in [0.2, 0.25) is 5.55 Å². The molecule has 138 valence electrons. The molecule has 0 fully saturated rings. The number of carbonyl (C=O) groups is 1. The van der Waals surface area contributed by atoms with Crippen LogP contribution in [0, 0.1) is 13.8 Å². The maximum Gasteiger partial charge on any atom is 0.262 e. The molecule has 5 nitrogen and oxygen atoms in total. The first-order valence-corrected chi connectivity index (χ1v) is 8.97. The van der Waals surface area contributed by atoms with Crippen molar-refractivity contribution in [3.05, 3.63) is 95.2 Å². The molecule has 1 amide bonds. The molecule has 0 spiro atoms. The quantitative estimate of drug-likeness (QED) is 0.557. The van der Waals surface area contributed by atoms with E-state index in [-0.39, 0.29) is 11.5 Å². The third-order valence-electron chi connectivity index (χ3n) is 4.29. The van der Waals surface area contributed by atoms with Gasteiger partial charge in [0, 0.05) is 11.6 Å². The number of rotatable bonds is 3. The first-order chi connectivity index (χ1) is 13.6. The van der Waals surface area contributed by atoms with E-state index in [1.54, 1.807) is 18.3 Å². The van der Waals surface area contributed by atoms with Gasteiger partial charge in [0.15, 0.2) is 0 Å². The van der Waals surface area contributed by atoms with Crippen LogP contribution in [-0.2, 0) is 0 Å². The van der Waals surface area contributed by atoms with E-state index < -0.39 is 0 Å². The molecule has 5 heteroatoms. The summed E-state index contributed by atoms with van der Waals surface area (Å²) < 4.78 is 5.97. The van der Waals surface area contributed by atoms with Crippen molar-refractivity contribution in [1.29, 1.82) is 0 Å². The number of hydrogen-bond acceptors (Lipinski definition) is 4. The molecule has 0 aliphatic rings. The Morgan fingerprint density at radius 1 is 0.964 bits per heavy atom. The van der Waals surface area contributed by atoms with E-state index in [1.165, 1.54) is 0 Å². The van der Waals surface area contributed by atoms with Gasteiger partial charge in [0.1, 0.15) is 17.0 Å². The molecular formula is C23H19N3O2. The maximum absolute atomic E-state index is 12.9. The van der Waals surface area contributed by atoms with E-state index in [0.29, 0.717) is 17.0 Å². The number of aromatic nitrogens is 1. The van der Waals surface area contributed by atoms with Gasteiger partial charge in [-0.1, -0.05) is 36.4 Å². The van der Waals surface area contributed by atoms with Crippen LogP contribution in [0.5, 0.6) is 0 Å². The van der Waals surface area contributed by atoms with Crippen molar-refractivity contribution in [2.24, 2.45) is 4.99 Å². The van der Waals surface area contributed by atoms with Crippen molar-refractivity contribution in [3.8, 4) is 0 Å². The van der Waals surface area contributed by atoms with Crippen LogP contribution in [0.25, 0.3) is 11.0 Å². The number of fused-ring (bicyclic) bond motifs is 1. The van der Waals surface area contributed by atoms with Crippen molar-refractivity contribution < 1.29 is 9.21 Å². The molecular weight excluding hydrogens is 350 g/mol. The number of amides is 1. The lowest BCUT2D eigenvalue weighted by Crippen LogP contribution is -2.22. The second-order valence-corrected chi connectivity index (χ2v) is 6.63. The standard InChI is InChI=1S/C23H19N3O2/c1-15-6-5-8-18(12-15)25-23-19(13-17-7-3-4-9-20(17)28-23)22(27)26-21-11-10-16(2)14-24-21/h3-14H,1-2H3,(H,24,26,27). The van der Waals surface area contributed by atoms with Crippen molar-refractivity contribution in [2.75, 3.05) is 5.32 Å². The molecule has 0 radical (unpaired) electrons. The number of nitrogens with zero attached hydrogens (tertiary/aromatic N) is 2. The van der Waals surface area contributed by atoms with Gasteiger partial charge >= 0.3 is 0 Å². The molecule has 0 aliphatic carbocycles. The Balaban J connectivity index is 1.83. The Morgan fingerprint density at radius 3 is 2.61 bits per heavy atom.